The zero-order valence-electron chi connectivity index (χ0n) is 23.4. The lowest BCUT2D eigenvalue weighted by Gasteiger charge is -2.20. The lowest BCUT2D eigenvalue weighted by atomic mass is 10.1. The van der Waals surface area contributed by atoms with Crippen molar-refractivity contribution in [2.75, 3.05) is 27.4 Å². The van der Waals surface area contributed by atoms with E-state index >= 15 is 0 Å². The maximum Gasteiger partial charge on any atom is 0.306 e. The number of methoxy groups -OCH3 is 2. The van der Waals surface area contributed by atoms with Gasteiger partial charge < -0.3 is 28.8 Å². The van der Waals surface area contributed by atoms with E-state index in [1.54, 1.807) is 30.4 Å². The number of esters is 2. The van der Waals surface area contributed by atoms with E-state index in [-0.39, 0.29) is 60.3 Å². The molecular formula is C30H38O9. The molecule has 1 N–H and O–H groups in total. The van der Waals surface area contributed by atoms with Gasteiger partial charge in [0.05, 0.1) is 14.2 Å². The highest BCUT2D eigenvalue weighted by atomic mass is 16.6. The van der Waals surface area contributed by atoms with E-state index in [9.17, 15) is 19.5 Å². The summed E-state index contributed by atoms with van der Waals surface area (Å²) in [5.41, 5.74) is 0.966. The summed E-state index contributed by atoms with van der Waals surface area (Å²) in [5, 5.41) is 9.90. The quantitative estimate of drug-likeness (QED) is 0.238. The maximum atomic E-state index is 13.4. The second-order valence-electron chi connectivity index (χ2n) is 9.73. The van der Waals surface area contributed by atoms with Crippen molar-refractivity contribution in [1.82, 2.24) is 0 Å². The number of carbonyl (C=O) groups is 3. The van der Waals surface area contributed by atoms with Crippen LogP contribution < -0.4 is 14.2 Å². The van der Waals surface area contributed by atoms with Crippen LogP contribution in [0.5, 0.6) is 23.0 Å². The van der Waals surface area contributed by atoms with Gasteiger partial charge in [0.25, 0.3) is 0 Å². The summed E-state index contributed by atoms with van der Waals surface area (Å²) in [5.74, 6) is -0.235. The Morgan fingerprint density at radius 1 is 0.821 bits per heavy atom. The van der Waals surface area contributed by atoms with Crippen LogP contribution in [0, 0.1) is 11.8 Å². The fraction of sp³-hybridized carbons (Fsp3) is 0.433. The molecule has 0 saturated heterocycles. The first-order chi connectivity index (χ1) is 18.5. The highest BCUT2D eigenvalue weighted by Crippen LogP contribution is 2.31. The summed E-state index contributed by atoms with van der Waals surface area (Å²) in [7, 11) is 2.84. The van der Waals surface area contributed by atoms with Gasteiger partial charge in [0.1, 0.15) is 13.2 Å². The topological polar surface area (TPSA) is 118 Å². The predicted octanol–water partition coefficient (Wildman–Crippen LogP) is 5.23. The Morgan fingerprint density at radius 3 is 2.08 bits per heavy atom. The summed E-state index contributed by atoms with van der Waals surface area (Å²) in [6.07, 6.45) is 2.86. The fourth-order valence-corrected chi connectivity index (χ4v) is 3.50. The third-order valence-electron chi connectivity index (χ3n) is 5.41. The van der Waals surface area contributed by atoms with Crippen LogP contribution in [-0.2, 0) is 19.1 Å². The normalized spacial score (nSPS) is 11.9. The Bertz CT molecular complexity index is 1150. The van der Waals surface area contributed by atoms with Gasteiger partial charge >= 0.3 is 11.9 Å². The average molecular weight is 543 g/mol. The van der Waals surface area contributed by atoms with Crippen molar-refractivity contribution in [1.29, 1.82) is 0 Å². The third-order valence-corrected chi connectivity index (χ3v) is 5.41. The number of rotatable bonds is 15. The van der Waals surface area contributed by atoms with E-state index in [2.05, 4.69) is 0 Å². The molecular weight excluding hydrogens is 504 g/mol. The van der Waals surface area contributed by atoms with Crippen LogP contribution in [0.25, 0.3) is 6.08 Å². The minimum atomic E-state index is -1.19. The number of Topliss-reactive ketones (excluding diaryl/α,β-unsaturated/α-hetero) is 1. The minimum Gasteiger partial charge on any atom is -0.504 e. The molecule has 2 rings (SSSR count). The molecule has 0 aliphatic carbocycles. The number of aromatic hydroxyl groups is 1. The van der Waals surface area contributed by atoms with Gasteiger partial charge in [-0.15, -0.1) is 0 Å². The Kier molecular flexibility index (Phi) is 12.3. The van der Waals surface area contributed by atoms with Gasteiger partial charge in [0.2, 0.25) is 5.78 Å². The lowest BCUT2D eigenvalue weighted by Crippen LogP contribution is -2.33. The SMILES string of the molecule is COc1cc(C(=O)[C@@H](COC(=O)CC(C)C)Oc2ccc(/C=C/COC(=O)CC(C)C)cc2OC)ccc1O. The van der Waals surface area contributed by atoms with E-state index in [0.717, 1.165) is 5.56 Å². The summed E-state index contributed by atoms with van der Waals surface area (Å²) in [6.45, 7) is 7.49. The Labute approximate surface area is 229 Å². The molecule has 39 heavy (non-hydrogen) atoms. The first-order valence-electron chi connectivity index (χ1n) is 12.8. The molecule has 0 radical (unpaired) electrons. The third kappa shape index (κ3) is 10.3. The molecule has 0 spiro atoms. The maximum absolute atomic E-state index is 13.4. The molecule has 9 nitrogen and oxygen atoms in total. The number of ketones is 1. The van der Waals surface area contributed by atoms with E-state index in [0.29, 0.717) is 12.2 Å². The fourth-order valence-electron chi connectivity index (χ4n) is 3.50. The van der Waals surface area contributed by atoms with E-state index in [4.69, 9.17) is 23.7 Å². The molecule has 0 amide bonds. The molecule has 0 heterocycles. The van der Waals surface area contributed by atoms with Gasteiger partial charge in [-0.2, -0.15) is 0 Å². The molecule has 0 bridgehead atoms. The number of benzene rings is 2. The van der Waals surface area contributed by atoms with Crippen molar-refractivity contribution in [2.45, 2.75) is 46.6 Å². The second-order valence-corrected chi connectivity index (χ2v) is 9.73. The van der Waals surface area contributed by atoms with Crippen molar-refractivity contribution in [3.8, 4) is 23.0 Å². The Balaban J connectivity index is 2.22. The monoisotopic (exact) mass is 542 g/mol. The Hall–Kier alpha value is -4.01. The van der Waals surface area contributed by atoms with Crippen LogP contribution in [0.4, 0.5) is 0 Å². The van der Waals surface area contributed by atoms with Gasteiger partial charge in [-0.1, -0.05) is 39.8 Å². The number of phenolic OH excluding ortho intramolecular Hbond substituents is 1. The molecule has 2 aromatic rings. The summed E-state index contributed by atoms with van der Waals surface area (Å²) in [4.78, 5) is 37.3. The van der Waals surface area contributed by atoms with Crippen molar-refractivity contribution in [2.24, 2.45) is 11.8 Å². The average Bonchev–Trinajstić information content (AvgIpc) is 2.88. The molecule has 0 aliphatic rings. The van der Waals surface area contributed by atoms with E-state index in [1.807, 2.05) is 27.7 Å². The van der Waals surface area contributed by atoms with Gasteiger partial charge in [0.15, 0.2) is 29.1 Å². The highest BCUT2D eigenvalue weighted by molar-refractivity contribution is 6.00. The molecule has 0 aromatic heterocycles. The number of hydrogen-bond donors (Lipinski definition) is 1. The first kappa shape index (κ1) is 31.2. The zero-order chi connectivity index (χ0) is 28.9. The smallest absolute Gasteiger partial charge is 0.306 e. The van der Waals surface area contributed by atoms with Crippen LogP contribution in [0.1, 0.15) is 56.5 Å². The number of ether oxygens (including phenoxy) is 5. The standard InChI is InChI=1S/C30H38O9/c1-19(2)14-28(32)37-13-7-8-21-9-12-24(26(16-21)36-6)39-27(18-38-29(33)15-20(3)4)30(34)22-10-11-23(31)25(17-22)35-5/h7-12,16-17,19-20,27,31H,13-15,18H2,1-6H3/b8-7+/t27-/m1/s1. The first-order valence-corrected chi connectivity index (χ1v) is 12.8. The molecule has 0 aliphatic heterocycles. The predicted molar refractivity (Wildman–Crippen MR) is 146 cm³/mol. The number of carbonyl (C=O) groups excluding carboxylic acids is 3. The van der Waals surface area contributed by atoms with Crippen molar-refractivity contribution >= 4 is 23.8 Å². The molecule has 1 atom stereocenters. The van der Waals surface area contributed by atoms with E-state index in [1.165, 1.54) is 32.4 Å². The van der Waals surface area contributed by atoms with Gasteiger partial charge in [-0.25, -0.2) is 0 Å². The summed E-state index contributed by atoms with van der Waals surface area (Å²) >= 11 is 0. The summed E-state index contributed by atoms with van der Waals surface area (Å²) < 4.78 is 27.1. The van der Waals surface area contributed by atoms with Crippen LogP contribution >= 0.6 is 0 Å². The lowest BCUT2D eigenvalue weighted by molar-refractivity contribution is -0.146. The van der Waals surface area contributed by atoms with Gasteiger partial charge in [0, 0.05) is 18.4 Å². The van der Waals surface area contributed by atoms with Crippen molar-refractivity contribution in [3.63, 3.8) is 0 Å². The second kappa shape index (κ2) is 15.4. The summed E-state index contributed by atoms with van der Waals surface area (Å²) in [6, 6.07) is 9.26. The molecule has 212 valence electrons. The zero-order valence-corrected chi connectivity index (χ0v) is 23.4. The van der Waals surface area contributed by atoms with Crippen LogP contribution in [0.2, 0.25) is 0 Å². The van der Waals surface area contributed by atoms with Crippen molar-refractivity contribution in [3.05, 3.63) is 53.6 Å². The highest BCUT2D eigenvalue weighted by Gasteiger charge is 2.26. The van der Waals surface area contributed by atoms with Crippen LogP contribution in [0.15, 0.2) is 42.5 Å². The van der Waals surface area contributed by atoms with Crippen LogP contribution in [-0.4, -0.2) is 56.4 Å². The van der Waals surface area contributed by atoms with Crippen molar-refractivity contribution < 1.29 is 43.2 Å². The molecule has 0 unspecified atom stereocenters. The van der Waals surface area contributed by atoms with Gasteiger partial charge in [-0.3, -0.25) is 14.4 Å². The minimum absolute atomic E-state index is 0.0911. The van der Waals surface area contributed by atoms with E-state index < -0.39 is 17.9 Å². The molecule has 0 fully saturated rings. The molecule has 2 aromatic carbocycles. The largest absolute Gasteiger partial charge is 0.504 e. The van der Waals surface area contributed by atoms with Crippen LogP contribution in [0.3, 0.4) is 0 Å². The Morgan fingerprint density at radius 2 is 1.46 bits per heavy atom. The number of hydrogen-bond acceptors (Lipinski definition) is 9. The number of phenols is 1. The molecule has 0 saturated carbocycles. The molecule has 9 heteroatoms. The van der Waals surface area contributed by atoms with Gasteiger partial charge in [-0.05, 0) is 53.8 Å².